The fourth-order valence-corrected chi connectivity index (χ4v) is 2.53. The van der Waals surface area contributed by atoms with Crippen LogP contribution in [0.1, 0.15) is 30.9 Å². The summed E-state index contributed by atoms with van der Waals surface area (Å²) in [6.45, 7) is 5.68. The Morgan fingerprint density at radius 3 is 2.94 bits per heavy atom. The van der Waals surface area contributed by atoms with Gasteiger partial charge >= 0.3 is 0 Å². The lowest BCUT2D eigenvalue weighted by Crippen LogP contribution is -2.23. The molecule has 0 saturated carbocycles. The van der Waals surface area contributed by atoms with Crippen LogP contribution in [0.3, 0.4) is 0 Å². The number of hydrogen-bond acceptors (Lipinski definition) is 2. The lowest BCUT2D eigenvalue weighted by atomic mass is 9.99. The molecular formula is C14H22N2. The van der Waals surface area contributed by atoms with Crippen LogP contribution in [0, 0.1) is 0 Å². The number of benzene rings is 1. The summed E-state index contributed by atoms with van der Waals surface area (Å²) in [5, 5.41) is 3.29. The molecule has 1 aromatic carbocycles. The average Bonchev–Trinajstić information content (AvgIpc) is 2.54. The smallest absolute Gasteiger partial charge is 0.0402 e. The number of fused-ring (bicyclic) bond motifs is 1. The molecular weight excluding hydrogens is 196 g/mol. The highest BCUT2D eigenvalue weighted by Crippen LogP contribution is 2.35. The van der Waals surface area contributed by atoms with E-state index >= 15 is 0 Å². The van der Waals surface area contributed by atoms with Crippen molar-refractivity contribution >= 4 is 5.69 Å². The maximum atomic E-state index is 3.29. The Balaban J connectivity index is 2.23. The van der Waals surface area contributed by atoms with Crippen molar-refractivity contribution in [3.8, 4) is 0 Å². The molecule has 0 amide bonds. The van der Waals surface area contributed by atoms with E-state index in [1.165, 1.54) is 16.8 Å². The van der Waals surface area contributed by atoms with Crippen LogP contribution < -0.4 is 10.2 Å². The molecule has 2 heteroatoms. The molecule has 88 valence electrons. The molecule has 2 nitrogen and oxygen atoms in total. The van der Waals surface area contributed by atoms with E-state index in [1.54, 1.807) is 0 Å². The molecule has 1 aliphatic rings. The molecule has 16 heavy (non-hydrogen) atoms. The van der Waals surface area contributed by atoms with Gasteiger partial charge in [-0.25, -0.2) is 0 Å². The molecule has 2 unspecified atom stereocenters. The summed E-state index contributed by atoms with van der Waals surface area (Å²) < 4.78 is 0. The molecule has 1 aliphatic heterocycles. The first-order valence-electron chi connectivity index (χ1n) is 6.13. The second-order valence-electron chi connectivity index (χ2n) is 5.07. The first-order valence-corrected chi connectivity index (χ1v) is 6.13. The molecule has 1 N–H and O–H groups in total. The van der Waals surface area contributed by atoms with Gasteiger partial charge in [0.2, 0.25) is 0 Å². The number of rotatable bonds is 3. The zero-order valence-corrected chi connectivity index (χ0v) is 10.7. The van der Waals surface area contributed by atoms with Crippen LogP contribution in [0.4, 0.5) is 5.69 Å². The predicted molar refractivity (Wildman–Crippen MR) is 70.4 cm³/mol. The maximum Gasteiger partial charge on any atom is 0.0402 e. The normalized spacial score (nSPS) is 21.0. The van der Waals surface area contributed by atoms with Gasteiger partial charge in [-0.1, -0.05) is 19.1 Å². The van der Waals surface area contributed by atoms with Crippen LogP contribution in [0.15, 0.2) is 18.2 Å². The van der Waals surface area contributed by atoms with Crippen molar-refractivity contribution in [3.63, 3.8) is 0 Å². The maximum absolute atomic E-state index is 3.29. The van der Waals surface area contributed by atoms with Gasteiger partial charge in [0.15, 0.2) is 0 Å². The van der Waals surface area contributed by atoms with Crippen molar-refractivity contribution in [2.75, 3.05) is 25.5 Å². The Hall–Kier alpha value is -1.02. The topological polar surface area (TPSA) is 15.3 Å². The van der Waals surface area contributed by atoms with Crippen molar-refractivity contribution in [2.24, 2.45) is 0 Å². The third-order valence-electron chi connectivity index (χ3n) is 3.62. The molecule has 0 aliphatic carbocycles. The highest BCUT2D eigenvalue weighted by Gasteiger charge is 2.22. The summed E-state index contributed by atoms with van der Waals surface area (Å²) in [7, 11) is 4.21. The number of nitrogens with zero attached hydrogens (tertiary/aromatic N) is 1. The van der Waals surface area contributed by atoms with E-state index in [-0.39, 0.29) is 0 Å². The standard InChI is InChI=1S/C14H22N2/c1-10-9-16(4)14-8-12(5-6-13(10)14)7-11(2)15-3/h5-6,8,10-11,15H,7,9H2,1-4H3. The van der Waals surface area contributed by atoms with Crippen molar-refractivity contribution in [1.82, 2.24) is 5.32 Å². The van der Waals surface area contributed by atoms with E-state index in [0.29, 0.717) is 12.0 Å². The molecule has 0 aromatic heterocycles. The fourth-order valence-electron chi connectivity index (χ4n) is 2.53. The molecule has 2 atom stereocenters. The summed E-state index contributed by atoms with van der Waals surface area (Å²) in [6.07, 6.45) is 1.10. The molecule has 1 heterocycles. The van der Waals surface area contributed by atoms with Crippen LogP contribution >= 0.6 is 0 Å². The van der Waals surface area contributed by atoms with Crippen LogP contribution in [-0.2, 0) is 6.42 Å². The highest BCUT2D eigenvalue weighted by molar-refractivity contribution is 5.60. The quantitative estimate of drug-likeness (QED) is 0.838. The van der Waals surface area contributed by atoms with Crippen LogP contribution in [0.5, 0.6) is 0 Å². The highest BCUT2D eigenvalue weighted by atomic mass is 15.1. The Morgan fingerprint density at radius 1 is 1.50 bits per heavy atom. The second-order valence-corrected chi connectivity index (χ2v) is 5.07. The van der Waals surface area contributed by atoms with Gasteiger partial charge < -0.3 is 10.2 Å². The Kier molecular flexibility index (Phi) is 3.20. The minimum atomic E-state index is 0.544. The van der Waals surface area contributed by atoms with Crippen molar-refractivity contribution in [3.05, 3.63) is 29.3 Å². The average molecular weight is 218 g/mol. The van der Waals surface area contributed by atoms with Gasteiger partial charge in [-0.05, 0) is 37.6 Å². The van der Waals surface area contributed by atoms with Gasteiger partial charge in [-0.3, -0.25) is 0 Å². The number of hydrogen-bond donors (Lipinski definition) is 1. The largest absolute Gasteiger partial charge is 0.374 e. The van der Waals surface area contributed by atoms with E-state index < -0.39 is 0 Å². The minimum absolute atomic E-state index is 0.544. The SMILES string of the molecule is CNC(C)Cc1ccc2c(c1)N(C)CC2C. The summed E-state index contributed by atoms with van der Waals surface area (Å²) in [6, 6.07) is 7.48. The summed E-state index contributed by atoms with van der Waals surface area (Å²) in [4.78, 5) is 2.37. The summed E-state index contributed by atoms with van der Waals surface area (Å²) in [5.74, 6) is 0.677. The lowest BCUT2D eigenvalue weighted by molar-refractivity contribution is 0.608. The fraction of sp³-hybridized carbons (Fsp3) is 0.571. The van der Waals surface area contributed by atoms with E-state index in [0.717, 1.165) is 13.0 Å². The summed E-state index contributed by atoms with van der Waals surface area (Å²) >= 11 is 0. The molecule has 1 aromatic rings. The van der Waals surface area contributed by atoms with E-state index in [2.05, 4.69) is 49.3 Å². The van der Waals surface area contributed by atoms with E-state index in [1.807, 2.05) is 7.05 Å². The third kappa shape index (κ3) is 2.07. The molecule has 2 rings (SSSR count). The van der Waals surface area contributed by atoms with Gasteiger partial charge in [-0.15, -0.1) is 0 Å². The third-order valence-corrected chi connectivity index (χ3v) is 3.62. The Bertz CT molecular complexity index is 373. The van der Waals surface area contributed by atoms with Crippen LogP contribution in [0.2, 0.25) is 0 Å². The van der Waals surface area contributed by atoms with Crippen molar-refractivity contribution < 1.29 is 0 Å². The Labute approximate surface area is 98.7 Å². The molecule has 0 spiro atoms. The lowest BCUT2D eigenvalue weighted by Gasteiger charge is -2.15. The van der Waals surface area contributed by atoms with E-state index in [4.69, 9.17) is 0 Å². The van der Waals surface area contributed by atoms with Crippen molar-refractivity contribution in [1.29, 1.82) is 0 Å². The van der Waals surface area contributed by atoms with Gasteiger partial charge in [0, 0.05) is 31.2 Å². The molecule has 0 fully saturated rings. The number of likely N-dealkylation sites (N-methyl/N-ethyl adjacent to an activating group) is 2. The molecule has 0 radical (unpaired) electrons. The van der Waals surface area contributed by atoms with Gasteiger partial charge in [0.1, 0.15) is 0 Å². The second kappa shape index (κ2) is 4.46. The van der Waals surface area contributed by atoms with Gasteiger partial charge in [0.05, 0.1) is 0 Å². The summed E-state index contributed by atoms with van der Waals surface area (Å²) in [5.41, 5.74) is 4.36. The molecule has 0 bridgehead atoms. The first kappa shape index (κ1) is 11.5. The van der Waals surface area contributed by atoms with Crippen LogP contribution in [0.25, 0.3) is 0 Å². The first-order chi connectivity index (χ1) is 7.61. The zero-order valence-electron chi connectivity index (χ0n) is 10.7. The Morgan fingerprint density at radius 2 is 2.25 bits per heavy atom. The van der Waals surface area contributed by atoms with Gasteiger partial charge in [-0.2, -0.15) is 0 Å². The monoisotopic (exact) mass is 218 g/mol. The van der Waals surface area contributed by atoms with E-state index in [9.17, 15) is 0 Å². The van der Waals surface area contributed by atoms with Crippen molar-refractivity contribution in [2.45, 2.75) is 32.2 Å². The number of nitrogens with one attached hydrogen (secondary N) is 1. The van der Waals surface area contributed by atoms with Gasteiger partial charge in [0.25, 0.3) is 0 Å². The van der Waals surface area contributed by atoms with Crippen LogP contribution in [-0.4, -0.2) is 26.7 Å². The molecule has 0 saturated heterocycles. The number of anilines is 1. The predicted octanol–water partition coefficient (Wildman–Crippen LogP) is 2.39. The zero-order chi connectivity index (χ0) is 11.7. The minimum Gasteiger partial charge on any atom is -0.374 e.